The number of hydrogen-bond donors (Lipinski definition) is 2. The Kier molecular flexibility index (Phi) is 4.39. The van der Waals surface area contributed by atoms with Gasteiger partial charge in [-0.05, 0) is 25.0 Å². The van der Waals surface area contributed by atoms with Crippen LogP contribution in [-0.4, -0.2) is 43.7 Å². The van der Waals surface area contributed by atoms with E-state index in [9.17, 15) is 4.79 Å². The molecule has 3 heterocycles. The molecule has 1 aliphatic heterocycles. The molecule has 0 bridgehead atoms. The van der Waals surface area contributed by atoms with Crippen LogP contribution in [0.2, 0.25) is 0 Å². The fraction of sp³-hybridized carbons (Fsp3) is 0.333. The maximum absolute atomic E-state index is 12.4. The predicted molar refractivity (Wildman–Crippen MR) is 99.9 cm³/mol. The molecular weight excluding hydrogens is 330 g/mol. The van der Waals surface area contributed by atoms with Crippen molar-refractivity contribution in [3.05, 3.63) is 43.2 Å². The molecule has 1 aromatic carbocycles. The number of benzene rings is 1. The number of anilines is 2. The van der Waals surface area contributed by atoms with Crippen LogP contribution in [-0.2, 0) is 11.3 Å². The van der Waals surface area contributed by atoms with E-state index in [1.54, 1.807) is 0 Å². The van der Waals surface area contributed by atoms with Crippen LogP contribution >= 0.6 is 0 Å². The molecule has 0 unspecified atom stereocenters. The Balaban J connectivity index is 1.48. The first-order valence-electron chi connectivity index (χ1n) is 8.73. The van der Waals surface area contributed by atoms with Gasteiger partial charge in [0.25, 0.3) is 0 Å². The minimum atomic E-state index is -0.0337. The van der Waals surface area contributed by atoms with Crippen LogP contribution < -0.4 is 10.2 Å². The van der Waals surface area contributed by atoms with Crippen molar-refractivity contribution in [2.75, 3.05) is 23.3 Å². The number of aromatic nitrogens is 5. The highest BCUT2D eigenvalue weighted by Gasteiger charge is 2.28. The second-order valence-corrected chi connectivity index (χ2v) is 6.38. The van der Waals surface area contributed by atoms with Gasteiger partial charge < -0.3 is 9.47 Å². The third kappa shape index (κ3) is 3.05. The molecule has 2 aromatic heterocycles. The number of aromatic amines is 1. The maximum atomic E-state index is 12.4. The second kappa shape index (κ2) is 6.99. The highest BCUT2D eigenvalue weighted by molar-refractivity contribution is 5.91. The average molecular weight is 351 g/mol. The summed E-state index contributed by atoms with van der Waals surface area (Å²) in [6.45, 7) is 6.15. The van der Waals surface area contributed by atoms with Crippen LogP contribution in [0.15, 0.2) is 43.2 Å². The van der Waals surface area contributed by atoms with Crippen molar-refractivity contribution in [2.24, 2.45) is 5.92 Å². The monoisotopic (exact) mass is 351 g/mol. The van der Waals surface area contributed by atoms with Crippen LogP contribution in [0.1, 0.15) is 12.8 Å². The van der Waals surface area contributed by atoms with Gasteiger partial charge in [0, 0.05) is 25.6 Å². The SMILES string of the molecule is C=CCn1c(N2CCC(C(=O)Nc3ncn[nH]3)CC2)nc2ccccc21. The normalized spacial score (nSPS) is 15.3. The van der Waals surface area contributed by atoms with E-state index in [2.05, 4.69) is 42.6 Å². The minimum absolute atomic E-state index is 0.0130. The van der Waals surface area contributed by atoms with Crippen LogP contribution in [0.3, 0.4) is 0 Å². The zero-order valence-corrected chi connectivity index (χ0v) is 14.4. The molecule has 0 saturated carbocycles. The van der Waals surface area contributed by atoms with Crippen LogP contribution in [0.4, 0.5) is 11.9 Å². The van der Waals surface area contributed by atoms with Gasteiger partial charge in [0.15, 0.2) is 0 Å². The number of para-hydroxylation sites is 2. The van der Waals surface area contributed by atoms with Crippen LogP contribution in [0.5, 0.6) is 0 Å². The molecule has 2 N–H and O–H groups in total. The van der Waals surface area contributed by atoms with Crippen molar-refractivity contribution in [2.45, 2.75) is 19.4 Å². The zero-order valence-electron chi connectivity index (χ0n) is 14.4. The molecule has 0 radical (unpaired) electrons. The van der Waals surface area contributed by atoms with Gasteiger partial charge in [0.1, 0.15) is 6.33 Å². The number of carbonyl (C=O) groups excluding carboxylic acids is 1. The molecule has 26 heavy (non-hydrogen) atoms. The lowest BCUT2D eigenvalue weighted by molar-refractivity contribution is -0.120. The number of imidazole rings is 1. The van der Waals surface area contributed by atoms with Crippen LogP contribution in [0.25, 0.3) is 11.0 Å². The first kappa shape index (κ1) is 16.3. The average Bonchev–Trinajstić information content (AvgIpc) is 3.30. The number of fused-ring (bicyclic) bond motifs is 1. The van der Waals surface area contributed by atoms with Crippen molar-refractivity contribution in [1.82, 2.24) is 24.7 Å². The lowest BCUT2D eigenvalue weighted by Crippen LogP contribution is -2.39. The van der Waals surface area contributed by atoms with Crippen LogP contribution in [0, 0.1) is 5.92 Å². The summed E-state index contributed by atoms with van der Waals surface area (Å²) in [4.78, 5) is 23.4. The van der Waals surface area contributed by atoms with Gasteiger partial charge in [0.05, 0.1) is 11.0 Å². The number of allylic oxidation sites excluding steroid dienone is 1. The lowest BCUT2D eigenvalue weighted by atomic mass is 9.96. The Morgan fingerprint density at radius 2 is 2.15 bits per heavy atom. The Labute approximate surface area is 150 Å². The molecule has 0 aliphatic carbocycles. The zero-order chi connectivity index (χ0) is 17.9. The first-order chi connectivity index (χ1) is 12.8. The quantitative estimate of drug-likeness (QED) is 0.688. The van der Waals surface area contributed by atoms with E-state index in [0.717, 1.165) is 42.9 Å². The number of carbonyl (C=O) groups is 1. The van der Waals surface area contributed by atoms with Crippen molar-refractivity contribution >= 4 is 28.8 Å². The summed E-state index contributed by atoms with van der Waals surface area (Å²) in [6.07, 6.45) is 4.81. The van der Waals surface area contributed by atoms with Crippen molar-refractivity contribution in [1.29, 1.82) is 0 Å². The van der Waals surface area contributed by atoms with Crippen molar-refractivity contribution in [3.63, 3.8) is 0 Å². The summed E-state index contributed by atoms with van der Waals surface area (Å²) in [5.41, 5.74) is 2.09. The number of nitrogens with zero attached hydrogens (tertiary/aromatic N) is 5. The summed E-state index contributed by atoms with van der Waals surface area (Å²) in [7, 11) is 0. The number of amides is 1. The van der Waals surface area contributed by atoms with E-state index >= 15 is 0 Å². The van der Waals surface area contributed by atoms with E-state index in [0.29, 0.717) is 12.5 Å². The first-order valence-corrected chi connectivity index (χ1v) is 8.73. The molecular formula is C18H21N7O. The van der Waals surface area contributed by atoms with E-state index in [1.165, 1.54) is 6.33 Å². The third-order valence-electron chi connectivity index (χ3n) is 4.75. The maximum Gasteiger partial charge on any atom is 0.229 e. The van der Waals surface area contributed by atoms with Gasteiger partial charge in [-0.2, -0.15) is 10.1 Å². The Bertz CT molecular complexity index is 907. The van der Waals surface area contributed by atoms with Crippen molar-refractivity contribution < 1.29 is 4.79 Å². The Hall–Kier alpha value is -3.16. The second-order valence-electron chi connectivity index (χ2n) is 6.38. The topological polar surface area (TPSA) is 91.7 Å². The summed E-state index contributed by atoms with van der Waals surface area (Å²) >= 11 is 0. The minimum Gasteiger partial charge on any atom is -0.342 e. The van der Waals surface area contributed by atoms with Gasteiger partial charge in [-0.15, -0.1) is 6.58 Å². The van der Waals surface area contributed by atoms with E-state index in [-0.39, 0.29) is 11.8 Å². The largest absolute Gasteiger partial charge is 0.342 e. The molecule has 4 rings (SSSR count). The van der Waals surface area contributed by atoms with Gasteiger partial charge >= 0.3 is 0 Å². The number of rotatable bonds is 5. The summed E-state index contributed by atoms with van der Waals surface area (Å²) in [6, 6.07) is 8.12. The fourth-order valence-electron chi connectivity index (χ4n) is 3.44. The molecule has 0 spiro atoms. The summed E-state index contributed by atoms with van der Waals surface area (Å²) in [5, 5.41) is 9.17. The molecule has 1 aliphatic rings. The molecule has 134 valence electrons. The van der Waals surface area contributed by atoms with Gasteiger partial charge in [-0.25, -0.2) is 10.1 Å². The molecule has 8 nitrogen and oxygen atoms in total. The standard InChI is InChI=1S/C18H21N7O/c1-2-9-25-15-6-4-3-5-14(15)21-18(25)24-10-7-13(8-11-24)16(26)22-17-19-12-20-23-17/h2-6,12-13H,1,7-11H2,(H2,19,20,22,23,26). The number of H-pyrrole nitrogens is 1. The summed E-state index contributed by atoms with van der Waals surface area (Å²) < 4.78 is 2.18. The molecule has 8 heteroatoms. The lowest BCUT2D eigenvalue weighted by Gasteiger charge is -2.32. The third-order valence-corrected chi connectivity index (χ3v) is 4.75. The number of hydrogen-bond acceptors (Lipinski definition) is 5. The highest BCUT2D eigenvalue weighted by Crippen LogP contribution is 2.27. The predicted octanol–water partition coefficient (Wildman–Crippen LogP) is 2.20. The molecule has 1 amide bonds. The smallest absolute Gasteiger partial charge is 0.229 e. The Morgan fingerprint density at radius 3 is 2.88 bits per heavy atom. The highest BCUT2D eigenvalue weighted by atomic mass is 16.2. The number of nitrogens with one attached hydrogen (secondary N) is 2. The van der Waals surface area contributed by atoms with E-state index in [4.69, 9.17) is 4.98 Å². The Morgan fingerprint density at radius 1 is 1.35 bits per heavy atom. The van der Waals surface area contributed by atoms with Gasteiger partial charge in [-0.1, -0.05) is 18.2 Å². The van der Waals surface area contributed by atoms with Gasteiger partial charge in [0.2, 0.25) is 17.8 Å². The van der Waals surface area contributed by atoms with E-state index < -0.39 is 0 Å². The molecule has 3 aromatic rings. The molecule has 0 atom stereocenters. The fourth-order valence-corrected chi connectivity index (χ4v) is 3.44. The van der Waals surface area contributed by atoms with Crippen molar-refractivity contribution in [3.8, 4) is 0 Å². The van der Waals surface area contributed by atoms with Gasteiger partial charge in [-0.3, -0.25) is 10.1 Å². The molecule has 1 fully saturated rings. The van der Waals surface area contributed by atoms with E-state index in [1.807, 2.05) is 24.3 Å². The summed E-state index contributed by atoms with van der Waals surface area (Å²) in [5.74, 6) is 1.29. The number of piperidine rings is 1. The molecule has 1 saturated heterocycles.